The maximum atomic E-state index is 7.06. The van der Waals surface area contributed by atoms with Gasteiger partial charge < -0.3 is 4.43 Å². The summed E-state index contributed by atoms with van der Waals surface area (Å²) in [5.74, 6) is 1.15. The summed E-state index contributed by atoms with van der Waals surface area (Å²) in [6.07, 6.45) is 3.54. The van der Waals surface area contributed by atoms with Gasteiger partial charge in [0, 0.05) is 0 Å². The van der Waals surface area contributed by atoms with E-state index in [1.165, 1.54) is 29.2 Å². The Kier molecular flexibility index (Phi) is 6.73. The van der Waals surface area contributed by atoms with Crippen LogP contribution in [0.15, 0.2) is 36.4 Å². The lowest BCUT2D eigenvalue weighted by atomic mass is 10.0. The Hall–Kier alpha value is -1.28. The third-order valence-corrected chi connectivity index (χ3v) is 11.7. The van der Waals surface area contributed by atoms with Crippen molar-refractivity contribution in [3.8, 4) is 5.75 Å². The van der Waals surface area contributed by atoms with Gasteiger partial charge in [0.2, 0.25) is 0 Å². The summed E-state index contributed by atoms with van der Waals surface area (Å²) in [4.78, 5) is 0. The van der Waals surface area contributed by atoms with Gasteiger partial charge >= 0.3 is 0 Å². The first kappa shape index (κ1) is 20.0. The topological polar surface area (TPSA) is 9.23 Å². The fourth-order valence-electron chi connectivity index (χ4n) is 4.47. The van der Waals surface area contributed by atoms with Crippen LogP contribution in [-0.4, -0.2) is 8.32 Å². The second kappa shape index (κ2) is 8.40. The van der Waals surface area contributed by atoms with Crippen molar-refractivity contribution in [2.24, 2.45) is 0 Å². The average Bonchev–Trinajstić information content (AvgIpc) is 2.56. The van der Waals surface area contributed by atoms with Crippen molar-refractivity contribution in [2.75, 3.05) is 0 Å². The van der Waals surface area contributed by atoms with E-state index in [4.69, 9.17) is 4.43 Å². The monoisotopic (exact) mass is 356 g/mol. The Bertz CT molecular complexity index is 666. The Morgan fingerprint density at radius 1 is 0.840 bits per heavy atom. The number of fused-ring (bicyclic) bond motifs is 1. The zero-order valence-electron chi connectivity index (χ0n) is 17.2. The third kappa shape index (κ3) is 4.11. The Morgan fingerprint density at radius 3 is 1.84 bits per heavy atom. The van der Waals surface area contributed by atoms with Crippen LogP contribution < -0.4 is 4.43 Å². The molecule has 0 atom stereocenters. The Morgan fingerprint density at radius 2 is 1.36 bits per heavy atom. The van der Waals surface area contributed by atoms with Gasteiger partial charge in [0.25, 0.3) is 8.32 Å². The number of hydrogen-bond donors (Lipinski definition) is 0. The number of unbranched alkanes of at least 4 members (excludes halogenated alkanes) is 1. The second-order valence-electron chi connectivity index (χ2n) is 8.33. The van der Waals surface area contributed by atoms with E-state index in [0.29, 0.717) is 16.6 Å². The van der Waals surface area contributed by atoms with E-state index in [0.717, 1.165) is 12.2 Å². The zero-order chi connectivity index (χ0) is 18.6. The van der Waals surface area contributed by atoms with Gasteiger partial charge in [-0.15, -0.1) is 0 Å². The van der Waals surface area contributed by atoms with E-state index < -0.39 is 8.32 Å². The number of hydrogen-bond acceptors (Lipinski definition) is 1. The average molecular weight is 357 g/mol. The SMILES string of the molecule is CCCCc1cc2ccccc2cc1O[Si](C(C)C)(C(C)C)C(C)C. The molecular formula is C23H36OSi. The minimum Gasteiger partial charge on any atom is -0.542 e. The molecule has 0 unspecified atom stereocenters. The molecule has 2 heteroatoms. The summed E-state index contributed by atoms with van der Waals surface area (Å²) in [6, 6.07) is 13.3. The smallest absolute Gasteiger partial charge is 0.258 e. The van der Waals surface area contributed by atoms with Crippen LogP contribution in [-0.2, 0) is 6.42 Å². The molecule has 0 radical (unpaired) electrons. The zero-order valence-corrected chi connectivity index (χ0v) is 18.2. The first-order chi connectivity index (χ1) is 11.8. The Balaban J connectivity index is 2.56. The van der Waals surface area contributed by atoms with Crippen molar-refractivity contribution in [3.63, 3.8) is 0 Å². The molecule has 0 heterocycles. The van der Waals surface area contributed by atoms with Crippen LogP contribution in [0.25, 0.3) is 10.8 Å². The summed E-state index contributed by atoms with van der Waals surface area (Å²) in [5, 5.41) is 2.61. The molecule has 0 spiro atoms. The first-order valence-electron chi connectivity index (χ1n) is 10.0. The molecule has 0 saturated heterocycles. The third-order valence-electron chi connectivity index (χ3n) is 5.72. The van der Waals surface area contributed by atoms with Gasteiger partial charge in [-0.05, 0) is 57.9 Å². The van der Waals surface area contributed by atoms with Crippen LogP contribution in [0.4, 0.5) is 0 Å². The molecule has 0 amide bonds. The van der Waals surface area contributed by atoms with Gasteiger partial charge in [-0.3, -0.25) is 0 Å². The summed E-state index contributed by atoms with van der Waals surface area (Å²) >= 11 is 0. The predicted octanol–water partition coefficient (Wildman–Crippen LogP) is 7.74. The summed E-state index contributed by atoms with van der Waals surface area (Å²) < 4.78 is 7.06. The largest absolute Gasteiger partial charge is 0.542 e. The number of benzene rings is 2. The van der Waals surface area contributed by atoms with Crippen LogP contribution in [0, 0.1) is 0 Å². The summed E-state index contributed by atoms with van der Waals surface area (Å²) in [7, 11) is -1.93. The highest BCUT2D eigenvalue weighted by atomic mass is 28.4. The molecule has 25 heavy (non-hydrogen) atoms. The van der Waals surface area contributed by atoms with E-state index in [9.17, 15) is 0 Å². The molecule has 2 aromatic rings. The minimum absolute atomic E-state index is 0.595. The van der Waals surface area contributed by atoms with Gasteiger partial charge in [-0.2, -0.15) is 0 Å². The molecule has 0 saturated carbocycles. The highest BCUT2D eigenvalue weighted by Crippen LogP contribution is 2.44. The fraction of sp³-hybridized carbons (Fsp3) is 0.565. The molecule has 0 aliphatic carbocycles. The molecule has 2 rings (SSSR count). The predicted molar refractivity (Wildman–Crippen MR) is 114 cm³/mol. The van der Waals surface area contributed by atoms with E-state index in [1.54, 1.807) is 0 Å². The van der Waals surface area contributed by atoms with Gasteiger partial charge in [0.05, 0.1) is 0 Å². The van der Waals surface area contributed by atoms with Crippen molar-refractivity contribution >= 4 is 19.1 Å². The summed E-state index contributed by atoms with van der Waals surface area (Å²) in [6.45, 7) is 16.4. The van der Waals surface area contributed by atoms with Crippen molar-refractivity contribution < 1.29 is 4.43 Å². The molecule has 0 aliphatic heterocycles. The van der Waals surface area contributed by atoms with E-state index >= 15 is 0 Å². The number of rotatable bonds is 8. The lowest BCUT2D eigenvalue weighted by Crippen LogP contribution is -2.50. The minimum atomic E-state index is -1.93. The molecule has 0 aliphatic rings. The Labute approximate surface area is 155 Å². The van der Waals surface area contributed by atoms with Crippen molar-refractivity contribution in [1.29, 1.82) is 0 Å². The van der Waals surface area contributed by atoms with Crippen LogP contribution in [0.5, 0.6) is 5.75 Å². The number of aryl methyl sites for hydroxylation is 1. The van der Waals surface area contributed by atoms with Gasteiger partial charge in [-0.25, -0.2) is 0 Å². The van der Waals surface area contributed by atoms with Gasteiger partial charge in [0.15, 0.2) is 0 Å². The maximum absolute atomic E-state index is 7.06. The molecule has 0 N–H and O–H groups in total. The quantitative estimate of drug-likeness (QED) is 0.439. The molecule has 0 bridgehead atoms. The molecule has 0 aromatic heterocycles. The molecule has 0 fully saturated rings. The molecule has 1 nitrogen and oxygen atoms in total. The first-order valence-corrected chi connectivity index (χ1v) is 12.2. The summed E-state index contributed by atoms with van der Waals surface area (Å²) in [5.41, 5.74) is 3.17. The van der Waals surface area contributed by atoms with Crippen LogP contribution in [0.3, 0.4) is 0 Å². The van der Waals surface area contributed by atoms with Gasteiger partial charge in [-0.1, -0.05) is 79.2 Å². The van der Waals surface area contributed by atoms with Crippen molar-refractivity contribution in [3.05, 3.63) is 42.0 Å². The lowest BCUT2D eigenvalue weighted by molar-refractivity contribution is 0.474. The molecule has 2 aromatic carbocycles. The van der Waals surface area contributed by atoms with Crippen molar-refractivity contribution in [2.45, 2.75) is 84.4 Å². The lowest BCUT2D eigenvalue weighted by Gasteiger charge is -2.42. The van der Waals surface area contributed by atoms with Crippen molar-refractivity contribution in [1.82, 2.24) is 0 Å². The second-order valence-corrected chi connectivity index (χ2v) is 13.7. The van der Waals surface area contributed by atoms with E-state index in [1.807, 2.05) is 0 Å². The van der Waals surface area contributed by atoms with E-state index in [-0.39, 0.29) is 0 Å². The maximum Gasteiger partial charge on any atom is 0.258 e. The fourth-order valence-corrected chi connectivity index (χ4v) is 9.75. The van der Waals surface area contributed by atoms with Crippen LogP contribution in [0.2, 0.25) is 16.6 Å². The highest BCUT2D eigenvalue weighted by molar-refractivity contribution is 6.78. The van der Waals surface area contributed by atoms with Crippen LogP contribution >= 0.6 is 0 Å². The van der Waals surface area contributed by atoms with Gasteiger partial charge in [0.1, 0.15) is 5.75 Å². The van der Waals surface area contributed by atoms with Crippen LogP contribution in [0.1, 0.15) is 66.9 Å². The standard InChI is InChI=1S/C23H36OSi/c1-8-9-12-22-15-20-13-10-11-14-21(20)16-23(22)24-25(17(2)3,18(4)5)19(6)7/h10-11,13-19H,8-9,12H2,1-7H3. The molecular weight excluding hydrogens is 320 g/mol. The highest BCUT2D eigenvalue weighted by Gasteiger charge is 2.47. The van der Waals surface area contributed by atoms with E-state index in [2.05, 4.69) is 84.9 Å². The molecule has 138 valence electrons. The normalized spacial score (nSPS) is 12.6.